The number of thioether (sulfide) groups is 1. The minimum atomic E-state index is 0.525. The van der Waals surface area contributed by atoms with Crippen molar-refractivity contribution in [2.24, 2.45) is 11.8 Å². The highest BCUT2D eigenvalue weighted by Gasteiger charge is 2.18. The molecule has 1 heterocycles. The highest BCUT2D eigenvalue weighted by molar-refractivity contribution is 7.99. The van der Waals surface area contributed by atoms with Crippen molar-refractivity contribution in [3.8, 4) is 0 Å². The van der Waals surface area contributed by atoms with E-state index in [4.69, 9.17) is 0 Å². The Morgan fingerprint density at radius 2 is 2.06 bits per heavy atom. The van der Waals surface area contributed by atoms with Crippen LogP contribution in [0.2, 0.25) is 0 Å². The van der Waals surface area contributed by atoms with Gasteiger partial charge in [-0.25, -0.2) is 0 Å². The van der Waals surface area contributed by atoms with E-state index in [-0.39, 0.29) is 0 Å². The molecule has 1 saturated heterocycles. The highest BCUT2D eigenvalue weighted by atomic mass is 32.2. The van der Waals surface area contributed by atoms with Crippen LogP contribution in [0.5, 0.6) is 0 Å². The van der Waals surface area contributed by atoms with Gasteiger partial charge in [0.05, 0.1) is 0 Å². The number of benzene rings is 1. The van der Waals surface area contributed by atoms with E-state index in [1.54, 1.807) is 0 Å². The first-order valence-corrected chi connectivity index (χ1v) is 8.27. The zero-order valence-corrected chi connectivity index (χ0v) is 12.4. The molecule has 1 aromatic rings. The van der Waals surface area contributed by atoms with Crippen LogP contribution in [-0.4, -0.2) is 18.1 Å². The van der Waals surface area contributed by atoms with Gasteiger partial charge in [-0.05, 0) is 48.3 Å². The topological polar surface area (TPSA) is 12.0 Å². The van der Waals surface area contributed by atoms with Gasteiger partial charge in [0.1, 0.15) is 0 Å². The van der Waals surface area contributed by atoms with Gasteiger partial charge in [0.15, 0.2) is 0 Å². The summed E-state index contributed by atoms with van der Waals surface area (Å²) in [5, 5.41) is 3.80. The molecule has 2 atom stereocenters. The largest absolute Gasteiger partial charge is 0.310 e. The summed E-state index contributed by atoms with van der Waals surface area (Å²) < 4.78 is 0. The molecular weight excluding hydrogens is 238 g/mol. The third-order valence-electron chi connectivity index (χ3n) is 3.59. The van der Waals surface area contributed by atoms with Crippen molar-refractivity contribution in [3.63, 3.8) is 0 Å². The second kappa shape index (κ2) is 7.20. The molecule has 1 aliphatic rings. The quantitative estimate of drug-likeness (QED) is 0.828. The Bertz CT molecular complexity index is 330. The zero-order chi connectivity index (χ0) is 12.8. The first kappa shape index (κ1) is 14.0. The molecular formula is C16H25NS. The fraction of sp³-hybridized carbons (Fsp3) is 0.625. The Morgan fingerprint density at radius 3 is 2.67 bits per heavy atom. The van der Waals surface area contributed by atoms with Gasteiger partial charge in [0, 0.05) is 6.04 Å². The highest BCUT2D eigenvalue weighted by Crippen LogP contribution is 2.25. The Kier molecular flexibility index (Phi) is 5.58. The average molecular weight is 263 g/mol. The van der Waals surface area contributed by atoms with Gasteiger partial charge in [0.25, 0.3) is 0 Å². The molecule has 18 heavy (non-hydrogen) atoms. The van der Waals surface area contributed by atoms with E-state index in [0.717, 1.165) is 11.8 Å². The van der Waals surface area contributed by atoms with Gasteiger partial charge in [-0.1, -0.05) is 44.2 Å². The lowest BCUT2D eigenvalue weighted by atomic mass is 9.96. The molecule has 2 rings (SSSR count). The van der Waals surface area contributed by atoms with Crippen LogP contribution in [0.3, 0.4) is 0 Å². The molecule has 1 N–H and O–H groups in total. The maximum atomic E-state index is 3.80. The van der Waals surface area contributed by atoms with Crippen LogP contribution in [0.4, 0.5) is 0 Å². The summed E-state index contributed by atoms with van der Waals surface area (Å²) in [7, 11) is 0. The van der Waals surface area contributed by atoms with Crippen molar-refractivity contribution in [2.45, 2.75) is 32.7 Å². The molecule has 1 aromatic carbocycles. The predicted octanol–water partition coefficient (Wildman–Crippen LogP) is 4.12. The number of rotatable bonds is 6. The van der Waals surface area contributed by atoms with Crippen LogP contribution >= 0.6 is 11.8 Å². The van der Waals surface area contributed by atoms with Gasteiger partial charge in [0.2, 0.25) is 0 Å². The average Bonchev–Trinajstić information content (AvgIpc) is 2.88. The lowest BCUT2D eigenvalue weighted by molar-refractivity contribution is 0.399. The summed E-state index contributed by atoms with van der Waals surface area (Å²) in [6.07, 6.45) is 2.62. The summed E-state index contributed by atoms with van der Waals surface area (Å²) in [6, 6.07) is 11.4. The van der Waals surface area contributed by atoms with Crippen LogP contribution in [0, 0.1) is 11.8 Å². The molecule has 0 amide bonds. The van der Waals surface area contributed by atoms with E-state index in [1.807, 2.05) is 0 Å². The molecule has 0 spiro atoms. The SMILES string of the molecule is CC(C)CC(NCC1CCSC1)c1ccccc1. The zero-order valence-electron chi connectivity index (χ0n) is 11.6. The molecule has 0 bridgehead atoms. The third kappa shape index (κ3) is 4.33. The Balaban J connectivity index is 1.92. The monoisotopic (exact) mass is 263 g/mol. The normalized spacial score (nSPS) is 21.4. The van der Waals surface area contributed by atoms with E-state index in [1.165, 1.54) is 36.5 Å². The van der Waals surface area contributed by atoms with Gasteiger partial charge >= 0.3 is 0 Å². The molecule has 100 valence electrons. The lowest BCUT2D eigenvalue weighted by Crippen LogP contribution is -2.28. The van der Waals surface area contributed by atoms with Gasteiger partial charge in [-0.2, -0.15) is 11.8 Å². The molecule has 1 fully saturated rings. The summed E-state index contributed by atoms with van der Waals surface area (Å²) in [4.78, 5) is 0. The van der Waals surface area contributed by atoms with Crippen LogP contribution in [0.25, 0.3) is 0 Å². The second-order valence-corrected chi connectivity index (χ2v) is 6.88. The first-order valence-electron chi connectivity index (χ1n) is 7.11. The molecule has 1 nitrogen and oxygen atoms in total. The minimum absolute atomic E-state index is 0.525. The van der Waals surface area contributed by atoms with Crippen LogP contribution < -0.4 is 5.32 Å². The van der Waals surface area contributed by atoms with Gasteiger partial charge < -0.3 is 5.32 Å². The van der Waals surface area contributed by atoms with Crippen LogP contribution in [0.15, 0.2) is 30.3 Å². The predicted molar refractivity (Wildman–Crippen MR) is 82.1 cm³/mol. The standard InChI is InChI=1S/C16H25NS/c1-13(2)10-16(15-6-4-3-5-7-15)17-11-14-8-9-18-12-14/h3-7,13-14,16-17H,8-12H2,1-2H3. The summed E-state index contributed by atoms with van der Waals surface area (Å²) >= 11 is 2.10. The summed E-state index contributed by atoms with van der Waals surface area (Å²) in [5.74, 6) is 4.32. The summed E-state index contributed by atoms with van der Waals surface area (Å²) in [5.41, 5.74) is 1.44. The van der Waals surface area contributed by atoms with E-state index < -0.39 is 0 Å². The minimum Gasteiger partial charge on any atom is -0.310 e. The third-order valence-corrected chi connectivity index (χ3v) is 4.82. The number of hydrogen-bond acceptors (Lipinski definition) is 2. The molecule has 0 radical (unpaired) electrons. The van der Waals surface area contributed by atoms with Crippen molar-refractivity contribution in [3.05, 3.63) is 35.9 Å². The van der Waals surface area contributed by atoms with Crippen molar-refractivity contribution in [2.75, 3.05) is 18.1 Å². The lowest BCUT2D eigenvalue weighted by Gasteiger charge is -2.23. The Morgan fingerprint density at radius 1 is 1.28 bits per heavy atom. The first-order chi connectivity index (χ1) is 8.75. The van der Waals surface area contributed by atoms with Crippen molar-refractivity contribution >= 4 is 11.8 Å². The van der Waals surface area contributed by atoms with Crippen LogP contribution in [0.1, 0.15) is 38.3 Å². The molecule has 0 aliphatic carbocycles. The van der Waals surface area contributed by atoms with E-state index in [9.17, 15) is 0 Å². The molecule has 0 aromatic heterocycles. The maximum absolute atomic E-state index is 3.80. The van der Waals surface area contributed by atoms with Gasteiger partial charge in [-0.15, -0.1) is 0 Å². The molecule has 2 unspecified atom stereocenters. The van der Waals surface area contributed by atoms with E-state index in [2.05, 4.69) is 61.3 Å². The van der Waals surface area contributed by atoms with Crippen LogP contribution in [-0.2, 0) is 0 Å². The molecule has 0 saturated carbocycles. The van der Waals surface area contributed by atoms with E-state index >= 15 is 0 Å². The fourth-order valence-electron chi connectivity index (χ4n) is 2.55. The van der Waals surface area contributed by atoms with E-state index in [0.29, 0.717) is 6.04 Å². The summed E-state index contributed by atoms with van der Waals surface area (Å²) in [6.45, 7) is 5.80. The smallest absolute Gasteiger partial charge is 0.0322 e. The van der Waals surface area contributed by atoms with Crippen molar-refractivity contribution < 1.29 is 0 Å². The van der Waals surface area contributed by atoms with Crippen molar-refractivity contribution in [1.29, 1.82) is 0 Å². The van der Waals surface area contributed by atoms with Gasteiger partial charge in [-0.3, -0.25) is 0 Å². The second-order valence-electron chi connectivity index (χ2n) is 5.73. The fourth-order valence-corrected chi connectivity index (χ4v) is 3.83. The number of nitrogens with one attached hydrogen (secondary N) is 1. The number of hydrogen-bond donors (Lipinski definition) is 1. The Labute approximate surface area is 116 Å². The Hall–Kier alpha value is -0.470. The molecule has 2 heteroatoms. The maximum Gasteiger partial charge on any atom is 0.0322 e. The van der Waals surface area contributed by atoms with Crippen molar-refractivity contribution in [1.82, 2.24) is 5.32 Å². The molecule has 1 aliphatic heterocycles.